The van der Waals surface area contributed by atoms with Gasteiger partial charge < -0.3 is 15.2 Å². The molecule has 0 aromatic heterocycles. The number of benzene rings is 1. The fraction of sp³-hybridized carbons (Fsp3) is 0.625. The maximum Gasteiger partial charge on any atom is 0.0897 e. The Hall–Kier alpha value is -0.900. The molecule has 0 heterocycles. The lowest BCUT2D eigenvalue weighted by molar-refractivity contribution is 0.0260. The van der Waals surface area contributed by atoms with Crippen molar-refractivity contribution in [3.05, 3.63) is 35.4 Å². The van der Waals surface area contributed by atoms with Crippen LogP contribution in [0.25, 0.3) is 0 Å². The van der Waals surface area contributed by atoms with Gasteiger partial charge in [0, 0.05) is 19.7 Å². The zero-order chi connectivity index (χ0) is 14.1. The fourth-order valence-corrected chi connectivity index (χ4v) is 1.77. The van der Waals surface area contributed by atoms with E-state index in [1.807, 2.05) is 0 Å². The third-order valence-corrected chi connectivity index (χ3v) is 2.90. The normalized spacial score (nSPS) is 12.9. The first-order valence-corrected chi connectivity index (χ1v) is 7.16. The van der Waals surface area contributed by atoms with Gasteiger partial charge in [0.15, 0.2) is 0 Å². The highest BCUT2D eigenvalue weighted by Crippen LogP contribution is 2.04. The average molecular weight is 265 g/mol. The lowest BCUT2D eigenvalue weighted by atomic mass is 10.1. The molecule has 0 amide bonds. The summed E-state index contributed by atoms with van der Waals surface area (Å²) in [4.78, 5) is 0. The zero-order valence-electron chi connectivity index (χ0n) is 12.4. The van der Waals surface area contributed by atoms with Crippen molar-refractivity contribution in [1.82, 2.24) is 5.32 Å². The molecule has 108 valence electrons. The van der Waals surface area contributed by atoms with Gasteiger partial charge in [-0.15, -0.1) is 0 Å². The number of aliphatic hydroxyl groups is 1. The molecule has 3 nitrogen and oxygen atoms in total. The summed E-state index contributed by atoms with van der Waals surface area (Å²) in [5.74, 6) is 0.511. The first-order valence-electron chi connectivity index (χ1n) is 7.16. The molecule has 0 spiro atoms. The van der Waals surface area contributed by atoms with Crippen molar-refractivity contribution in [1.29, 1.82) is 0 Å². The molecule has 1 atom stereocenters. The maximum absolute atomic E-state index is 9.73. The molecule has 1 aromatic rings. The molecule has 2 N–H and O–H groups in total. The van der Waals surface area contributed by atoms with Crippen molar-refractivity contribution >= 4 is 0 Å². The summed E-state index contributed by atoms with van der Waals surface area (Å²) < 4.78 is 5.40. The quantitative estimate of drug-likeness (QED) is 0.720. The van der Waals surface area contributed by atoms with Gasteiger partial charge in [-0.05, 0) is 23.5 Å². The van der Waals surface area contributed by atoms with Gasteiger partial charge in [0.1, 0.15) is 0 Å². The van der Waals surface area contributed by atoms with Gasteiger partial charge in [-0.25, -0.2) is 0 Å². The second-order valence-corrected chi connectivity index (χ2v) is 5.39. The minimum Gasteiger partial charge on any atom is -0.389 e. The van der Waals surface area contributed by atoms with Crippen molar-refractivity contribution < 1.29 is 9.84 Å². The summed E-state index contributed by atoms with van der Waals surface area (Å²) >= 11 is 0. The third-order valence-electron chi connectivity index (χ3n) is 2.90. The van der Waals surface area contributed by atoms with Gasteiger partial charge in [-0.2, -0.15) is 0 Å². The van der Waals surface area contributed by atoms with Crippen LogP contribution < -0.4 is 5.32 Å². The van der Waals surface area contributed by atoms with E-state index in [1.165, 1.54) is 11.1 Å². The van der Waals surface area contributed by atoms with Crippen LogP contribution in [0.15, 0.2) is 24.3 Å². The second kappa shape index (κ2) is 9.08. The molecule has 0 bridgehead atoms. The van der Waals surface area contributed by atoms with Crippen molar-refractivity contribution in [2.75, 3.05) is 19.8 Å². The van der Waals surface area contributed by atoms with E-state index >= 15 is 0 Å². The van der Waals surface area contributed by atoms with Crippen LogP contribution in [0.4, 0.5) is 0 Å². The van der Waals surface area contributed by atoms with Crippen LogP contribution in [0.5, 0.6) is 0 Å². The molecular formula is C16H27NO2. The molecule has 0 aliphatic heterocycles. The first kappa shape index (κ1) is 16.2. The van der Waals surface area contributed by atoms with E-state index in [1.54, 1.807) is 0 Å². The molecule has 0 aliphatic carbocycles. The van der Waals surface area contributed by atoms with Crippen LogP contribution in [0, 0.1) is 5.92 Å². The zero-order valence-corrected chi connectivity index (χ0v) is 12.4. The predicted octanol–water partition coefficient (Wildman–Crippen LogP) is 2.37. The Morgan fingerprint density at radius 1 is 1.11 bits per heavy atom. The van der Waals surface area contributed by atoms with Gasteiger partial charge >= 0.3 is 0 Å². The average Bonchev–Trinajstić information content (AvgIpc) is 2.39. The Balaban J connectivity index is 2.14. The van der Waals surface area contributed by atoms with E-state index in [0.717, 1.165) is 13.0 Å². The molecule has 3 heteroatoms. The van der Waals surface area contributed by atoms with Crippen LogP contribution in [0.1, 0.15) is 31.9 Å². The van der Waals surface area contributed by atoms with Crippen molar-refractivity contribution in [2.24, 2.45) is 5.92 Å². The fourth-order valence-electron chi connectivity index (χ4n) is 1.77. The third kappa shape index (κ3) is 7.31. The first-order chi connectivity index (χ1) is 9.11. The van der Waals surface area contributed by atoms with Gasteiger partial charge in [-0.1, -0.05) is 45.0 Å². The monoisotopic (exact) mass is 265 g/mol. The van der Waals surface area contributed by atoms with Crippen molar-refractivity contribution in [3.63, 3.8) is 0 Å². The summed E-state index contributed by atoms with van der Waals surface area (Å²) in [6.45, 7) is 8.81. The van der Waals surface area contributed by atoms with Gasteiger partial charge in [0.05, 0.1) is 12.7 Å². The SMILES string of the molecule is CCc1ccc(CNCC(O)COCC(C)C)cc1. The second-order valence-electron chi connectivity index (χ2n) is 5.39. The Morgan fingerprint density at radius 2 is 1.74 bits per heavy atom. The smallest absolute Gasteiger partial charge is 0.0897 e. The Labute approximate surface area is 117 Å². The number of nitrogens with one attached hydrogen (secondary N) is 1. The Morgan fingerprint density at radius 3 is 2.32 bits per heavy atom. The highest BCUT2D eigenvalue weighted by molar-refractivity contribution is 5.22. The summed E-state index contributed by atoms with van der Waals surface area (Å²) in [6.07, 6.45) is 0.633. The summed E-state index contributed by atoms with van der Waals surface area (Å²) in [5, 5.41) is 13.0. The molecule has 1 rings (SSSR count). The van der Waals surface area contributed by atoms with E-state index < -0.39 is 6.10 Å². The number of aryl methyl sites for hydroxylation is 1. The number of rotatable bonds is 9. The number of aliphatic hydroxyl groups excluding tert-OH is 1. The molecular weight excluding hydrogens is 238 g/mol. The Bertz CT molecular complexity index is 335. The van der Waals surface area contributed by atoms with Gasteiger partial charge in [0.25, 0.3) is 0 Å². The summed E-state index contributed by atoms with van der Waals surface area (Å²) in [7, 11) is 0. The van der Waals surface area contributed by atoms with Crippen LogP contribution in [-0.4, -0.2) is 31.0 Å². The highest BCUT2D eigenvalue weighted by Gasteiger charge is 2.04. The summed E-state index contributed by atoms with van der Waals surface area (Å²) in [6, 6.07) is 8.57. The maximum atomic E-state index is 9.73. The molecule has 0 fully saturated rings. The number of hydrogen-bond donors (Lipinski definition) is 2. The van der Waals surface area contributed by atoms with Crippen LogP contribution in [0.2, 0.25) is 0 Å². The number of ether oxygens (including phenoxy) is 1. The van der Waals surface area contributed by atoms with Gasteiger partial charge in [0.2, 0.25) is 0 Å². The van der Waals surface area contributed by atoms with Crippen molar-refractivity contribution in [3.8, 4) is 0 Å². The molecule has 0 aliphatic rings. The van der Waals surface area contributed by atoms with E-state index in [-0.39, 0.29) is 0 Å². The standard InChI is InChI=1S/C16H27NO2/c1-4-14-5-7-15(8-6-14)9-17-10-16(18)12-19-11-13(2)3/h5-8,13,16-18H,4,9-12H2,1-3H3. The largest absolute Gasteiger partial charge is 0.389 e. The summed E-state index contributed by atoms with van der Waals surface area (Å²) in [5.41, 5.74) is 2.60. The van der Waals surface area contributed by atoms with Crippen molar-refractivity contribution in [2.45, 2.75) is 39.8 Å². The minimum absolute atomic E-state index is 0.403. The van der Waals surface area contributed by atoms with E-state index in [0.29, 0.717) is 25.7 Å². The van der Waals surface area contributed by atoms with Crippen LogP contribution in [0.3, 0.4) is 0 Å². The lowest BCUT2D eigenvalue weighted by Gasteiger charge is -2.13. The molecule has 19 heavy (non-hydrogen) atoms. The van der Waals surface area contributed by atoms with Crippen LogP contribution >= 0.6 is 0 Å². The molecule has 0 saturated carbocycles. The lowest BCUT2D eigenvalue weighted by Crippen LogP contribution is -2.30. The van der Waals surface area contributed by atoms with E-state index in [2.05, 4.69) is 50.4 Å². The molecule has 0 radical (unpaired) electrons. The molecule has 0 saturated heterocycles. The molecule has 1 unspecified atom stereocenters. The predicted molar refractivity (Wildman–Crippen MR) is 79.2 cm³/mol. The van der Waals surface area contributed by atoms with E-state index in [4.69, 9.17) is 4.74 Å². The van der Waals surface area contributed by atoms with Crippen LogP contribution in [-0.2, 0) is 17.7 Å². The number of hydrogen-bond acceptors (Lipinski definition) is 3. The Kier molecular flexibility index (Phi) is 7.72. The van der Waals surface area contributed by atoms with E-state index in [9.17, 15) is 5.11 Å². The topological polar surface area (TPSA) is 41.5 Å². The molecule has 1 aromatic carbocycles. The highest BCUT2D eigenvalue weighted by atomic mass is 16.5. The van der Waals surface area contributed by atoms with Gasteiger partial charge in [-0.3, -0.25) is 0 Å². The minimum atomic E-state index is -0.436.